The summed E-state index contributed by atoms with van der Waals surface area (Å²) in [5.74, 6) is 0.430. The van der Waals surface area contributed by atoms with Gasteiger partial charge in [-0.3, -0.25) is 4.79 Å². The Morgan fingerprint density at radius 1 is 0.867 bits per heavy atom. The van der Waals surface area contributed by atoms with Gasteiger partial charge in [-0.05, 0) is 58.4 Å². The van der Waals surface area contributed by atoms with Crippen molar-refractivity contribution in [3.63, 3.8) is 0 Å². The Balaban J connectivity index is 2.21. The van der Waals surface area contributed by atoms with Crippen LogP contribution in [0.25, 0.3) is 5.70 Å². The summed E-state index contributed by atoms with van der Waals surface area (Å²) in [5.41, 5.74) is 4.34. The van der Waals surface area contributed by atoms with Gasteiger partial charge in [0.05, 0.1) is 5.70 Å². The molecule has 5 heteroatoms. The maximum Gasteiger partial charge on any atom is 0.163 e. The van der Waals surface area contributed by atoms with Crippen LogP contribution in [0.2, 0.25) is 0 Å². The summed E-state index contributed by atoms with van der Waals surface area (Å²) in [6.07, 6.45) is 2.41. The van der Waals surface area contributed by atoms with E-state index in [1.54, 1.807) is 24.3 Å². The van der Waals surface area contributed by atoms with Crippen molar-refractivity contribution in [2.45, 2.75) is 58.5 Å². The topological polar surface area (TPSA) is 64.0 Å². The van der Waals surface area contributed by atoms with Crippen LogP contribution in [0.1, 0.15) is 58.2 Å². The number of anilines is 1. The van der Waals surface area contributed by atoms with E-state index in [4.69, 9.17) is 0 Å². The number of hydrogen-bond acceptors (Lipinski definition) is 5. The van der Waals surface area contributed by atoms with Crippen molar-refractivity contribution >= 4 is 17.7 Å². The van der Waals surface area contributed by atoms with Crippen LogP contribution in [0, 0.1) is 0 Å². The average Bonchev–Trinajstić information content (AvgIpc) is 2.96. The molecular weight excluding hydrogens is 376 g/mol. The van der Waals surface area contributed by atoms with Gasteiger partial charge in [-0.1, -0.05) is 41.5 Å². The molecule has 0 amide bonds. The third kappa shape index (κ3) is 3.89. The monoisotopic (exact) mass is 408 g/mol. The van der Waals surface area contributed by atoms with Crippen LogP contribution in [0.15, 0.2) is 42.6 Å². The smallest absolute Gasteiger partial charge is 0.163 e. The second kappa shape index (κ2) is 7.38. The van der Waals surface area contributed by atoms with E-state index in [0.29, 0.717) is 0 Å². The second-order valence-corrected chi connectivity index (χ2v) is 10.0. The zero-order valence-electron chi connectivity index (χ0n) is 18.9. The minimum absolute atomic E-state index is 0.186. The fourth-order valence-corrected chi connectivity index (χ4v) is 3.98. The molecule has 1 aliphatic heterocycles. The minimum Gasteiger partial charge on any atom is -0.508 e. The summed E-state index contributed by atoms with van der Waals surface area (Å²) in [7, 11) is 1.90. The summed E-state index contributed by atoms with van der Waals surface area (Å²) in [5, 5.41) is 20.1. The summed E-state index contributed by atoms with van der Waals surface area (Å²) >= 11 is 0. The quantitative estimate of drug-likeness (QED) is 0.702. The zero-order chi connectivity index (χ0) is 22.4. The number of nitrogens with zero attached hydrogens (tertiary/aromatic N) is 2. The number of phenols is 2. The van der Waals surface area contributed by atoms with Crippen molar-refractivity contribution in [2.75, 3.05) is 11.9 Å². The fourth-order valence-electron chi connectivity index (χ4n) is 3.98. The number of aromatic hydroxyl groups is 2. The molecule has 2 aromatic carbocycles. The number of carbonyl (C=O) groups excluding carboxylic acids is 1. The third-order valence-electron chi connectivity index (χ3n) is 5.60. The first-order valence-corrected chi connectivity index (χ1v) is 10.2. The third-order valence-corrected chi connectivity index (χ3v) is 5.60. The molecule has 1 aliphatic rings. The molecule has 1 atom stereocenters. The predicted molar refractivity (Wildman–Crippen MR) is 122 cm³/mol. The molecule has 5 nitrogen and oxygen atoms in total. The maximum absolute atomic E-state index is 12.1. The Hall–Kier alpha value is -2.95. The molecule has 2 N–H and O–H groups in total. The van der Waals surface area contributed by atoms with Crippen LogP contribution < -0.4 is 4.90 Å². The first kappa shape index (κ1) is 21.8. The summed E-state index contributed by atoms with van der Waals surface area (Å²) in [6.45, 7) is 12.6. The molecule has 0 aromatic heterocycles. The van der Waals surface area contributed by atoms with Crippen molar-refractivity contribution < 1.29 is 15.0 Å². The van der Waals surface area contributed by atoms with Crippen LogP contribution in [-0.4, -0.2) is 34.6 Å². The van der Waals surface area contributed by atoms with Gasteiger partial charge in [-0.15, -0.1) is 0 Å². The van der Waals surface area contributed by atoms with E-state index in [1.807, 2.05) is 35.2 Å². The maximum atomic E-state index is 12.1. The molecular formula is C25H32N2O3. The lowest BCUT2D eigenvalue weighted by molar-refractivity contribution is -0.110. The van der Waals surface area contributed by atoms with E-state index < -0.39 is 6.17 Å². The van der Waals surface area contributed by atoms with Crippen LogP contribution in [0.3, 0.4) is 0 Å². The van der Waals surface area contributed by atoms with Gasteiger partial charge in [-0.25, -0.2) is 0 Å². The molecule has 160 valence electrons. The number of phenolic OH excluding ortho intramolecular Hbond substituents is 2. The lowest BCUT2D eigenvalue weighted by Crippen LogP contribution is -2.39. The molecule has 0 aliphatic carbocycles. The van der Waals surface area contributed by atoms with Gasteiger partial charge < -0.3 is 20.0 Å². The lowest BCUT2D eigenvalue weighted by Gasteiger charge is -2.32. The van der Waals surface area contributed by atoms with Crippen LogP contribution >= 0.6 is 0 Å². The zero-order valence-corrected chi connectivity index (χ0v) is 18.9. The van der Waals surface area contributed by atoms with Crippen molar-refractivity contribution in [3.8, 4) is 11.5 Å². The van der Waals surface area contributed by atoms with E-state index in [1.165, 1.54) is 0 Å². The highest BCUT2D eigenvalue weighted by Gasteiger charge is 2.35. The average molecular weight is 409 g/mol. The molecule has 0 spiro atoms. The molecule has 30 heavy (non-hydrogen) atoms. The van der Waals surface area contributed by atoms with Gasteiger partial charge in [-0.2, -0.15) is 0 Å². The van der Waals surface area contributed by atoms with Crippen molar-refractivity contribution in [1.29, 1.82) is 0 Å². The molecule has 3 rings (SSSR count). The number of hydrogen-bond donors (Lipinski definition) is 2. The Bertz CT molecular complexity index is 996. The molecule has 2 aromatic rings. The van der Waals surface area contributed by atoms with E-state index in [0.717, 1.165) is 34.4 Å². The molecule has 0 fully saturated rings. The molecule has 0 saturated heterocycles. The molecule has 0 bridgehead atoms. The highest BCUT2D eigenvalue weighted by atomic mass is 16.3. The van der Waals surface area contributed by atoms with Gasteiger partial charge in [0.25, 0.3) is 0 Å². The number of carbonyl (C=O) groups is 1. The normalized spacial score (nSPS) is 17.3. The van der Waals surface area contributed by atoms with E-state index in [-0.39, 0.29) is 22.3 Å². The van der Waals surface area contributed by atoms with Crippen molar-refractivity contribution in [3.05, 3.63) is 59.3 Å². The van der Waals surface area contributed by atoms with Crippen LogP contribution in [0.5, 0.6) is 11.5 Å². The highest BCUT2D eigenvalue weighted by Crippen LogP contribution is 2.42. The van der Waals surface area contributed by atoms with E-state index in [9.17, 15) is 15.0 Å². The van der Waals surface area contributed by atoms with Gasteiger partial charge in [0, 0.05) is 24.5 Å². The van der Waals surface area contributed by atoms with Gasteiger partial charge in [0.2, 0.25) is 0 Å². The molecule has 1 unspecified atom stereocenters. The fraction of sp³-hybridized carbons (Fsp3) is 0.400. The number of likely N-dealkylation sites (N-methyl/N-ethyl adjacent to an activating group) is 1. The van der Waals surface area contributed by atoms with Crippen LogP contribution in [0.4, 0.5) is 5.69 Å². The van der Waals surface area contributed by atoms with Crippen molar-refractivity contribution in [2.24, 2.45) is 0 Å². The SMILES string of the molecule is CN1C(c2ccc(O)cc2C(C)(C)C)=CN(c2ccc(O)cc2C(C)(C)C)C1C=O. The largest absolute Gasteiger partial charge is 0.508 e. The minimum atomic E-state index is -0.507. The van der Waals surface area contributed by atoms with E-state index in [2.05, 4.69) is 41.5 Å². The van der Waals surface area contributed by atoms with Gasteiger partial charge in [0.1, 0.15) is 11.5 Å². The Kier molecular flexibility index (Phi) is 5.35. The number of benzene rings is 2. The standard InChI is InChI=1S/C25H32N2O3/c1-24(2,3)19-12-16(29)8-10-18(19)22-14-27(23(15-28)26(22)7)21-11-9-17(30)13-20(21)25(4,5)6/h8-15,23,29-30H,1-7H3. The molecule has 0 saturated carbocycles. The Morgan fingerprint density at radius 3 is 1.93 bits per heavy atom. The predicted octanol–water partition coefficient (Wildman–Crippen LogP) is 4.97. The number of rotatable bonds is 3. The van der Waals surface area contributed by atoms with E-state index >= 15 is 0 Å². The lowest BCUT2D eigenvalue weighted by atomic mass is 9.82. The van der Waals surface area contributed by atoms with Gasteiger partial charge >= 0.3 is 0 Å². The summed E-state index contributed by atoms with van der Waals surface area (Å²) in [6, 6.07) is 10.7. The first-order chi connectivity index (χ1) is 13.8. The number of aldehydes is 1. The second-order valence-electron chi connectivity index (χ2n) is 10.0. The Labute approximate surface area is 179 Å². The molecule has 0 radical (unpaired) electrons. The Morgan fingerprint density at radius 2 is 1.40 bits per heavy atom. The summed E-state index contributed by atoms with van der Waals surface area (Å²) < 4.78 is 0. The summed E-state index contributed by atoms with van der Waals surface area (Å²) in [4.78, 5) is 16.0. The van der Waals surface area contributed by atoms with Gasteiger partial charge in [0.15, 0.2) is 12.5 Å². The highest BCUT2D eigenvalue weighted by molar-refractivity contribution is 5.82. The van der Waals surface area contributed by atoms with Crippen molar-refractivity contribution in [1.82, 2.24) is 4.90 Å². The molecule has 1 heterocycles. The van der Waals surface area contributed by atoms with Crippen LogP contribution in [-0.2, 0) is 15.6 Å². The first-order valence-electron chi connectivity index (χ1n) is 10.2.